The van der Waals surface area contributed by atoms with Crippen LogP contribution in [0.4, 0.5) is 0 Å². The van der Waals surface area contributed by atoms with Crippen LogP contribution >= 0.6 is 0 Å². The Morgan fingerprint density at radius 3 is 1.50 bits per heavy atom. The van der Waals surface area contributed by atoms with Crippen molar-refractivity contribution in [2.45, 2.75) is 19.1 Å². The summed E-state index contributed by atoms with van der Waals surface area (Å²) in [6.45, 7) is 0. The summed E-state index contributed by atoms with van der Waals surface area (Å²) in [6, 6.07) is 0. The normalized spacial score (nSPS) is 16.9. The summed E-state index contributed by atoms with van der Waals surface area (Å²) in [5.41, 5.74) is 0. The smallest absolute Gasteiger partial charge is 0.865 e. The SMILES string of the molecule is [Li+].[Li+].[O-]C([O-])C1CC1. The average Bonchev–Trinajstić information content (AvgIpc) is 2.06. The first-order valence-electron chi connectivity index (χ1n) is 2.12. The van der Waals surface area contributed by atoms with Crippen LogP contribution in [0.1, 0.15) is 12.8 Å². The third-order valence-electron chi connectivity index (χ3n) is 1.01. The standard InChI is InChI=1S/C4H6O2.2Li/c5-4(6)3-1-2-3;;/h3-4H,1-2H2;;/q-2;2*+1. The van der Waals surface area contributed by atoms with Crippen LogP contribution in [0.2, 0.25) is 0 Å². The van der Waals surface area contributed by atoms with Gasteiger partial charge in [-0.2, -0.15) is 0 Å². The fourth-order valence-corrected chi connectivity index (χ4v) is 0.368. The van der Waals surface area contributed by atoms with Crippen molar-refractivity contribution in [3.63, 3.8) is 0 Å². The molecule has 0 aliphatic heterocycles. The molecule has 4 heteroatoms. The molecule has 0 aromatic heterocycles. The minimum Gasteiger partial charge on any atom is -0.865 e. The molecule has 1 fully saturated rings. The van der Waals surface area contributed by atoms with Gasteiger partial charge in [-0.25, -0.2) is 6.29 Å². The molecule has 2 nitrogen and oxygen atoms in total. The summed E-state index contributed by atoms with van der Waals surface area (Å²) in [7, 11) is 0. The Hall–Kier alpha value is 1.11. The van der Waals surface area contributed by atoms with E-state index in [9.17, 15) is 10.2 Å². The van der Waals surface area contributed by atoms with Crippen molar-refractivity contribution >= 4 is 0 Å². The molecule has 0 spiro atoms. The molecule has 8 heavy (non-hydrogen) atoms. The second-order valence-corrected chi connectivity index (χ2v) is 1.71. The Bertz CT molecular complexity index is 54.0. The fourth-order valence-electron chi connectivity index (χ4n) is 0.368. The van der Waals surface area contributed by atoms with Gasteiger partial charge in [-0.3, -0.25) is 0 Å². The Balaban J connectivity index is 0. The maximum Gasteiger partial charge on any atom is 1.00 e. The van der Waals surface area contributed by atoms with Crippen LogP contribution in [-0.4, -0.2) is 6.29 Å². The summed E-state index contributed by atoms with van der Waals surface area (Å²) in [5.74, 6) is -0.00926. The van der Waals surface area contributed by atoms with Gasteiger partial charge in [0.15, 0.2) is 0 Å². The molecule has 36 valence electrons. The molecular formula is C4H6Li2O2. The maximum atomic E-state index is 9.73. The topological polar surface area (TPSA) is 46.1 Å². The van der Waals surface area contributed by atoms with Crippen LogP contribution in [0.3, 0.4) is 0 Å². The predicted octanol–water partition coefficient (Wildman–Crippen LogP) is -7.55. The van der Waals surface area contributed by atoms with Crippen molar-refractivity contribution in [1.82, 2.24) is 0 Å². The molecule has 0 aromatic rings. The monoisotopic (exact) mass is 100 g/mol. The van der Waals surface area contributed by atoms with E-state index in [1.54, 1.807) is 0 Å². The van der Waals surface area contributed by atoms with Crippen molar-refractivity contribution in [1.29, 1.82) is 0 Å². The van der Waals surface area contributed by atoms with Gasteiger partial charge in [0.05, 0.1) is 0 Å². The summed E-state index contributed by atoms with van der Waals surface area (Å²) in [4.78, 5) is 0. The van der Waals surface area contributed by atoms with Gasteiger partial charge in [0.1, 0.15) is 0 Å². The second-order valence-electron chi connectivity index (χ2n) is 1.71. The van der Waals surface area contributed by atoms with Crippen LogP contribution < -0.4 is 47.9 Å². The molecule has 0 bridgehead atoms. The first-order valence-corrected chi connectivity index (χ1v) is 2.12. The van der Waals surface area contributed by atoms with Gasteiger partial charge in [0.25, 0.3) is 0 Å². The quantitative estimate of drug-likeness (QED) is 0.243. The molecule has 1 rings (SSSR count). The van der Waals surface area contributed by atoms with E-state index in [-0.39, 0.29) is 43.6 Å². The fraction of sp³-hybridized carbons (Fsp3) is 1.00. The summed E-state index contributed by atoms with van der Waals surface area (Å²) in [6.07, 6.45) is 0.208. The number of hydrogen-bond donors (Lipinski definition) is 0. The Labute approximate surface area is 73.0 Å². The van der Waals surface area contributed by atoms with Crippen LogP contribution in [-0.2, 0) is 0 Å². The summed E-state index contributed by atoms with van der Waals surface area (Å²) in [5, 5.41) is 19.5. The van der Waals surface area contributed by atoms with E-state index in [0.29, 0.717) is 0 Å². The van der Waals surface area contributed by atoms with Gasteiger partial charge in [0, 0.05) is 0 Å². The zero-order chi connectivity index (χ0) is 4.57. The van der Waals surface area contributed by atoms with Crippen LogP contribution in [0.5, 0.6) is 0 Å². The minimum absolute atomic E-state index is 0. The molecular weight excluding hydrogens is 93.9 g/mol. The molecule has 0 atom stereocenters. The van der Waals surface area contributed by atoms with Gasteiger partial charge in [-0.05, 0) is 0 Å². The third-order valence-corrected chi connectivity index (χ3v) is 1.01. The van der Waals surface area contributed by atoms with Gasteiger partial charge in [-0.1, -0.05) is 18.8 Å². The average molecular weight is 100.0 g/mol. The van der Waals surface area contributed by atoms with Crippen LogP contribution in [0.25, 0.3) is 0 Å². The molecule has 0 saturated heterocycles. The van der Waals surface area contributed by atoms with Gasteiger partial charge >= 0.3 is 37.7 Å². The van der Waals surface area contributed by atoms with Gasteiger partial charge in [-0.15, -0.1) is 0 Å². The second kappa shape index (κ2) is 4.94. The molecule has 0 N–H and O–H groups in total. The Kier molecular flexibility index (Phi) is 7.33. The molecule has 0 radical (unpaired) electrons. The largest absolute Gasteiger partial charge is 1.00 e. The molecule has 0 aromatic carbocycles. The van der Waals surface area contributed by atoms with Gasteiger partial charge < -0.3 is 10.2 Å². The van der Waals surface area contributed by atoms with E-state index in [1.165, 1.54) is 0 Å². The maximum absolute atomic E-state index is 9.73. The Morgan fingerprint density at radius 2 is 1.50 bits per heavy atom. The predicted molar refractivity (Wildman–Crippen MR) is 16.5 cm³/mol. The van der Waals surface area contributed by atoms with Crippen molar-refractivity contribution in [3.8, 4) is 0 Å². The van der Waals surface area contributed by atoms with Crippen molar-refractivity contribution in [2.24, 2.45) is 5.92 Å². The Morgan fingerprint density at radius 1 is 1.12 bits per heavy atom. The number of rotatable bonds is 1. The first kappa shape index (κ1) is 11.9. The molecule has 0 amide bonds. The molecule has 0 unspecified atom stereocenters. The van der Waals surface area contributed by atoms with Crippen molar-refractivity contribution in [2.75, 3.05) is 0 Å². The van der Waals surface area contributed by atoms with Gasteiger partial charge in [0.2, 0.25) is 0 Å². The molecule has 1 aliphatic carbocycles. The molecule has 1 aliphatic rings. The van der Waals surface area contributed by atoms with E-state index < -0.39 is 6.29 Å². The van der Waals surface area contributed by atoms with Crippen molar-refractivity contribution < 1.29 is 47.9 Å². The van der Waals surface area contributed by atoms with Crippen molar-refractivity contribution in [3.05, 3.63) is 0 Å². The summed E-state index contributed by atoms with van der Waals surface area (Å²) >= 11 is 0. The minimum atomic E-state index is -1.54. The molecule has 1 saturated carbocycles. The zero-order valence-corrected chi connectivity index (χ0v) is 5.39. The van der Waals surface area contributed by atoms with Crippen LogP contribution in [0, 0.1) is 5.92 Å². The summed E-state index contributed by atoms with van der Waals surface area (Å²) < 4.78 is 0. The molecule has 0 heterocycles. The van der Waals surface area contributed by atoms with E-state index in [0.717, 1.165) is 12.8 Å². The van der Waals surface area contributed by atoms with E-state index >= 15 is 0 Å². The number of hydrogen-bond acceptors (Lipinski definition) is 2. The van der Waals surface area contributed by atoms with E-state index in [1.807, 2.05) is 0 Å². The zero-order valence-electron chi connectivity index (χ0n) is 5.39. The van der Waals surface area contributed by atoms with E-state index in [2.05, 4.69) is 0 Å². The van der Waals surface area contributed by atoms with Crippen LogP contribution in [0.15, 0.2) is 0 Å². The third kappa shape index (κ3) is 4.04. The first-order chi connectivity index (χ1) is 2.80. The van der Waals surface area contributed by atoms with E-state index in [4.69, 9.17) is 0 Å².